The van der Waals surface area contributed by atoms with Crippen LogP contribution in [-0.4, -0.2) is 65.4 Å². The van der Waals surface area contributed by atoms with Crippen LogP contribution >= 0.6 is 30.8 Å². The van der Waals surface area contributed by atoms with E-state index in [-0.39, 0.29) is 67.7 Å². The van der Waals surface area contributed by atoms with Crippen molar-refractivity contribution in [2.24, 2.45) is 17.8 Å². The van der Waals surface area contributed by atoms with Gasteiger partial charge in [-0.15, -0.1) is 11.3 Å². The van der Waals surface area contributed by atoms with Crippen molar-refractivity contribution in [2.45, 2.75) is 78.6 Å². The summed E-state index contributed by atoms with van der Waals surface area (Å²) >= 11 is 7.74. The zero-order valence-corrected chi connectivity index (χ0v) is 34.7. The molecule has 0 radical (unpaired) electrons. The number of carbonyl (C=O) groups is 2. The monoisotopic (exact) mass is 825 g/mol. The van der Waals surface area contributed by atoms with Gasteiger partial charge in [0.15, 0.2) is 0 Å². The summed E-state index contributed by atoms with van der Waals surface area (Å²) in [6, 6.07) is 14.1. The van der Waals surface area contributed by atoms with Gasteiger partial charge in [0.25, 0.3) is 0 Å². The minimum absolute atomic E-state index is 0.0182. The molecule has 0 saturated heterocycles. The molecule has 2 N–H and O–H groups in total. The molecule has 3 heterocycles. The van der Waals surface area contributed by atoms with E-state index >= 15 is 0 Å². The molecule has 1 saturated carbocycles. The van der Waals surface area contributed by atoms with Gasteiger partial charge in [0.2, 0.25) is 5.78 Å². The van der Waals surface area contributed by atoms with Crippen LogP contribution in [0.2, 0.25) is 5.02 Å². The molecule has 15 heteroatoms. The number of nitrogens with one attached hydrogen (secondary N) is 1. The van der Waals surface area contributed by atoms with Crippen molar-refractivity contribution < 1.29 is 42.3 Å². The Morgan fingerprint density at radius 3 is 2.46 bits per heavy atom. The quantitative estimate of drug-likeness (QED) is 0.0595. The molecule has 2 aromatic carbocycles. The Kier molecular flexibility index (Phi) is 14.0. The summed E-state index contributed by atoms with van der Waals surface area (Å²) in [5, 5.41) is 14.2. The number of fused-ring (bicyclic) bond motifs is 1. The zero-order chi connectivity index (χ0) is 40.0. The highest BCUT2D eigenvalue weighted by molar-refractivity contribution is 7.48. The normalized spacial score (nSPS) is 19.6. The van der Waals surface area contributed by atoms with E-state index in [9.17, 15) is 19.3 Å². The average Bonchev–Trinajstić information content (AvgIpc) is 3.75. The van der Waals surface area contributed by atoms with E-state index in [2.05, 4.69) is 15.3 Å². The number of phosphoric ester groups is 1. The number of ketones is 1. The highest BCUT2D eigenvalue weighted by atomic mass is 35.5. The number of aliphatic hydroxyl groups excluding tert-OH is 1. The Balaban J connectivity index is 1.07. The number of esters is 1. The van der Waals surface area contributed by atoms with Gasteiger partial charge in [-0.1, -0.05) is 57.5 Å². The second-order valence-electron chi connectivity index (χ2n) is 15.1. The molecule has 1 aliphatic carbocycles. The van der Waals surface area contributed by atoms with Crippen molar-refractivity contribution in [3.63, 3.8) is 0 Å². The molecule has 2 aromatic heterocycles. The van der Waals surface area contributed by atoms with Crippen molar-refractivity contribution in [3.05, 3.63) is 104 Å². The third-order valence-electron chi connectivity index (χ3n) is 9.57. The number of aliphatic hydroxyl groups is 1. The number of ether oxygens (including phenoxy) is 2. The number of hydrogen-bond acceptors (Lipinski definition) is 13. The Hall–Kier alpha value is -3.68. The predicted octanol–water partition coefficient (Wildman–Crippen LogP) is 8.56. The maximum Gasteiger partial charge on any atom is 0.530 e. The fourth-order valence-electron chi connectivity index (χ4n) is 6.76. The van der Waals surface area contributed by atoms with Gasteiger partial charge < -0.3 is 24.4 Å². The van der Waals surface area contributed by atoms with Crippen molar-refractivity contribution in [1.29, 1.82) is 0 Å². The van der Waals surface area contributed by atoms with Gasteiger partial charge in [0, 0.05) is 41.1 Å². The number of benzene rings is 2. The van der Waals surface area contributed by atoms with Gasteiger partial charge in [-0.2, -0.15) is 0 Å². The van der Waals surface area contributed by atoms with Gasteiger partial charge in [-0.05, 0) is 84.2 Å². The number of anilines is 1. The summed E-state index contributed by atoms with van der Waals surface area (Å²) in [4.78, 5) is 37.2. The number of carbonyl (C=O) groups excluding carboxylic acids is 2. The summed E-state index contributed by atoms with van der Waals surface area (Å²) < 4.78 is 42.1. The lowest BCUT2D eigenvalue weighted by Crippen LogP contribution is -2.25. The lowest BCUT2D eigenvalue weighted by molar-refractivity contribution is -0.150. The van der Waals surface area contributed by atoms with E-state index in [1.807, 2.05) is 58.9 Å². The van der Waals surface area contributed by atoms with E-state index in [0.717, 1.165) is 22.4 Å². The van der Waals surface area contributed by atoms with Crippen molar-refractivity contribution in [3.8, 4) is 5.75 Å². The van der Waals surface area contributed by atoms with Crippen LogP contribution in [0, 0.1) is 24.7 Å². The molecule has 1 aliphatic heterocycles. The Bertz CT molecular complexity index is 2030. The number of thiophene rings is 1. The molecule has 4 atom stereocenters. The standard InChI is InChI=1S/C41H49ClN3O9PS/c1-24(2)21-51-55(49,52-22-25(3)4)54-32-10-6-27(7-11-32)14-38(47)53-36-17-31(15-29(36)20-46)45-41-35(19-43-23-44-41)39(48)37-18-33(26(5)56-37)40-34-16-30(42)9-8-28(34)12-13-50-40/h6-11,16,18-19,23-25,29,31,36,40,46H,12-15,17,20-22H2,1-5H3,(H,43,44,45)/t29-,31-,36+,40+/m1/s1. The van der Waals surface area contributed by atoms with E-state index in [1.54, 1.807) is 24.3 Å². The van der Waals surface area contributed by atoms with Crippen molar-refractivity contribution in [1.82, 2.24) is 9.97 Å². The fraction of sp³-hybridized carbons (Fsp3) is 0.463. The molecule has 0 amide bonds. The molecule has 0 unspecified atom stereocenters. The maximum atomic E-state index is 14.0. The summed E-state index contributed by atoms with van der Waals surface area (Å²) in [5.74, 6) is -0.0732. The van der Waals surface area contributed by atoms with Crippen LogP contribution in [0.15, 0.2) is 61.1 Å². The molecule has 2 aliphatic rings. The molecule has 56 heavy (non-hydrogen) atoms. The molecule has 6 rings (SSSR count). The van der Waals surface area contributed by atoms with Crippen LogP contribution < -0.4 is 9.84 Å². The number of aromatic nitrogens is 2. The molecular weight excluding hydrogens is 777 g/mol. The first-order valence-electron chi connectivity index (χ1n) is 18.9. The molecule has 1 fully saturated rings. The number of rotatable bonds is 17. The van der Waals surface area contributed by atoms with Crippen molar-refractivity contribution in [2.75, 3.05) is 31.7 Å². The highest BCUT2D eigenvalue weighted by Crippen LogP contribution is 2.50. The van der Waals surface area contributed by atoms with Gasteiger partial charge in [-0.25, -0.2) is 14.5 Å². The first kappa shape index (κ1) is 41.9. The number of hydrogen-bond donors (Lipinski definition) is 2. The average molecular weight is 826 g/mol. The third-order valence-corrected chi connectivity index (χ3v) is 12.2. The van der Waals surface area contributed by atoms with Crippen molar-refractivity contribution >= 4 is 48.3 Å². The molecular formula is C41H49ClN3O9PS. The third kappa shape index (κ3) is 10.6. The molecule has 12 nitrogen and oxygen atoms in total. The second kappa shape index (κ2) is 18.7. The molecule has 0 spiro atoms. The summed E-state index contributed by atoms with van der Waals surface area (Å²) in [5.41, 5.74) is 4.09. The Morgan fingerprint density at radius 1 is 1.04 bits per heavy atom. The van der Waals surface area contributed by atoms with Gasteiger partial charge in [0.05, 0.1) is 36.7 Å². The Labute approximate surface area is 336 Å². The molecule has 4 aromatic rings. The molecule has 300 valence electrons. The van der Waals surface area contributed by atoms with Crippen LogP contribution in [0.25, 0.3) is 0 Å². The van der Waals surface area contributed by atoms with E-state index < -0.39 is 19.9 Å². The molecule has 0 bridgehead atoms. The first-order valence-corrected chi connectivity index (χ1v) is 21.6. The smallest absolute Gasteiger partial charge is 0.462 e. The number of aryl methyl sites for hydroxylation is 1. The summed E-state index contributed by atoms with van der Waals surface area (Å²) in [7, 11) is -3.85. The minimum atomic E-state index is -3.85. The second-order valence-corrected chi connectivity index (χ2v) is 18.4. The van der Waals surface area contributed by atoms with Crippen LogP contribution in [0.3, 0.4) is 0 Å². The van der Waals surface area contributed by atoms with E-state index in [1.165, 1.54) is 29.4 Å². The maximum absolute atomic E-state index is 14.0. The van der Waals surface area contributed by atoms with Crippen LogP contribution in [0.1, 0.15) is 89.0 Å². The number of phosphoric acid groups is 1. The van der Waals surface area contributed by atoms with Gasteiger partial charge in [-0.3, -0.25) is 18.6 Å². The number of halogens is 1. The topological polar surface area (TPSA) is 155 Å². The van der Waals surface area contributed by atoms with E-state index in [4.69, 9.17) is 34.6 Å². The van der Waals surface area contributed by atoms with Crippen LogP contribution in [0.4, 0.5) is 5.82 Å². The van der Waals surface area contributed by atoms with Crippen LogP contribution in [0.5, 0.6) is 5.75 Å². The SMILES string of the molecule is Cc1sc(C(=O)c2cncnc2N[C@@H]2C[C@H](CO)[C@@H](OC(=O)Cc3ccc(OP(=O)(OCC(C)C)OCC(C)C)cc3)C2)cc1[C@@H]1OCCc2ccc(Cl)cc21. The fourth-order valence-corrected chi connectivity index (χ4v) is 9.47. The lowest BCUT2D eigenvalue weighted by atomic mass is 9.93. The lowest BCUT2D eigenvalue weighted by Gasteiger charge is -2.26. The number of nitrogens with zero attached hydrogens (tertiary/aromatic N) is 2. The van der Waals surface area contributed by atoms with Gasteiger partial charge >= 0.3 is 13.8 Å². The summed E-state index contributed by atoms with van der Waals surface area (Å²) in [6.07, 6.45) is 3.69. The van der Waals surface area contributed by atoms with E-state index in [0.29, 0.717) is 46.3 Å². The largest absolute Gasteiger partial charge is 0.530 e. The first-order chi connectivity index (χ1) is 26.8. The summed E-state index contributed by atoms with van der Waals surface area (Å²) in [6.45, 7) is 10.6. The van der Waals surface area contributed by atoms with Crippen LogP contribution in [-0.2, 0) is 40.7 Å². The highest BCUT2D eigenvalue weighted by Gasteiger charge is 2.38. The van der Waals surface area contributed by atoms with Gasteiger partial charge in [0.1, 0.15) is 30.1 Å². The predicted molar refractivity (Wildman–Crippen MR) is 215 cm³/mol. The Morgan fingerprint density at radius 2 is 1.77 bits per heavy atom. The minimum Gasteiger partial charge on any atom is -0.462 e. The zero-order valence-electron chi connectivity index (χ0n) is 32.2.